The van der Waals surface area contributed by atoms with Crippen LogP contribution in [-0.2, 0) is 14.3 Å². The quantitative estimate of drug-likeness (QED) is 0.669. The van der Waals surface area contributed by atoms with E-state index < -0.39 is 0 Å². The van der Waals surface area contributed by atoms with Gasteiger partial charge in [0.05, 0.1) is 18.8 Å². The third kappa shape index (κ3) is 4.08. The van der Waals surface area contributed by atoms with E-state index in [4.69, 9.17) is 9.47 Å². The van der Waals surface area contributed by atoms with Crippen LogP contribution in [0.4, 0.5) is 0 Å². The Morgan fingerprint density at radius 1 is 1.62 bits per heavy atom. The molecule has 16 heavy (non-hydrogen) atoms. The minimum Gasteiger partial charge on any atom is -0.380 e. The second kappa shape index (κ2) is 6.83. The first kappa shape index (κ1) is 13.4. The van der Waals surface area contributed by atoms with Crippen LogP contribution in [0.15, 0.2) is 0 Å². The molecule has 1 amide bonds. The Bertz CT molecular complexity index is 223. The van der Waals surface area contributed by atoms with Gasteiger partial charge in [-0.3, -0.25) is 4.79 Å². The molecule has 1 fully saturated rings. The van der Waals surface area contributed by atoms with E-state index in [1.807, 2.05) is 13.8 Å². The molecule has 5 nitrogen and oxygen atoms in total. The maximum atomic E-state index is 11.8. The zero-order chi connectivity index (χ0) is 12.0. The normalized spacial score (nSPS) is 26.7. The highest BCUT2D eigenvalue weighted by atomic mass is 16.5. The number of carbonyl (C=O) groups excluding carboxylic acids is 1. The molecule has 0 radical (unpaired) electrons. The molecule has 1 saturated heterocycles. The smallest absolute Gasteiger partial charge is 0.237 e. The highest BCUT2D eigenvalue weighted by molar-refractivity contribution is 5.82. The van der Waals surface area contributed by atoms with E-state index in [0.29, 0.717) is 13.2 Å². The lowest BCUT2D eigenvalue weighted by Gasteiger charge is -2.17. The van der Waals surface area contributed by atoms with Gasteiger partial charge in [0.1, 0.15) is 0 Å². The lowest BCUT2D eigenvalue weighted by molar-refractivity contribution is -0.124. The van der Waals surface area contributed by atoms with E-state index in [1.165, 1.54) is 0 Å². The summed E-state index contributed by atoms with van der Waals surface area (Å²) in [7, 11) is 1.67. The van der Waals surface area contributed by atoms with E-state index >= 15 is 0 Å². The third-order valence-corrected chi connectivity index (χ3v) is 2.70. The van der Waals surface area contributed by atoms with Crippen LogP contribution in [0.3, 0.4) is 0 Å². The van der Waals surface area contributed by atoms with E-state index in [0.717, 1.165) is 13.0 Å². The molecule has 94 valence electrons. The number of amides is 1. The van der Waals surface area contributed by atoms with Crippen molar-refractivity contribution in [3.8, 4) is 0 Å². The number of nitrogens with one attached hydrogen (secondary N) is 2. The Morgan fingerprint density at radius 2 is 2.38 bits per heavy atom. The highest BCUT2D eigenvalue weighted by Crippen LogP contribution is 2.09. The van der Waals surface area contributed by atoms with Crippen LogP contribution in [0.2, 0.25) is 0 Å². The Kier molecular flexibility index (Phi) is 5.73. The molecule has 5 heteroatoms. The van der Waals surface area contributed by atoms with Crippen molar-refractivity contribution in [3.63, 3.8) is 0 Å². The second-order valence-electron chi connectivity index (χ2n) is 4.12. The number of carbonyl (C=O) groups is 1. The fraction of sp³-hybridized carbons (Fsp3) is 0.909. The van der Waals surface area contributed by atoms with Gasteiger partial charge < -0.3 is 20.1 Å². The lowest BCUT2D eigenvalue weighted by atomic mass is 10.2. The van der Waals surface area contributed by atoms with Gasteiger partial charge in [-0.15, -0.1) is 0 Å². The zero-order valence-corrected chi connectivity index (χ0v) is 10.3. The minimum absolute atomic E-state index is 0.0340. The van der Waals surface area contributed by atoms with Gasteiger partial charge in [0, 0.05) is 26.3 Å². The molecule has 3 atom stereocenters. The van der Waals surface area contributed by atoms with Crippen LogP contribution >= 0.6 is 0 Å². The van der Waals surface area contributed by atoms with Gasteiger partial charge in [0.25, 0.3) is 0 Å². The molecule has 0 aromatic heterocycles. The first-order chi connectivity index (χ1) is 7.67. The second-order valence-corrected chi connectivity index (χ2v) is 4.12. The molecule has 0 saturated carbocycles. The molecular weight excluding hydrogens is 208 g/mol. The Morgan fingerprint density at radius 3 is 2.94 bits per heavy atom. The fourth-order valence-corrected chi connectivity index (χ4v) is 1.76. The van der Waals surface area contributed by atoms with Crippen LogP contribution in [0.25, 0.3) is 0 Å². The van der Waals surface area contributed by atoms with Gasteiger partial charge in [-0.1, -0.05) is 0 Å². The summed E-state index contributed by atoms with van der Waals surface area (Å²) in [6.45, 7) is 5.86. The summed E-state index contributed by atoms with van der Waals surface area (Å²) in [5.74, 6) is 0.0340. The zero-order valence-electron chi connectivity index (χ0n) is 10.3. The van der Waals surface area contributed by atoms with Crippen LogP contribution in [0.5, 0.6) is 0 Å². The number of hydrogen-bond donors (Lipinski definition) is 2. The molecule has 1 aliphatic rings. The number of hydrogen-bond acceptors (Lipinski definition) is 4. The molecule has 0 aliphatic carbocycles. The van der Waals surface area contributed by atoms with Crippen molar-refractivity contribution in [3.05, 3.63) is 0 Å². The van der Waals surface area contributed by atoms with Crippen LogP contribution in [0, 0.1) is 0 Å². The molecule has 0 aromatic rings. The van der Waals surface area contributed by atoms with Crippen molar-refractivity contribution in [1.82, 2.24) is 10.6 Å². The molecule has 1 aliphatic heterocycles. The Labute approximate surface area is 96.9 Å². The summed E-state index contributed by atoms with van der Waals surface area (Å²) >= 11 is 0. The monoisotopic (exact) mass is 230 g/mol. The molecule has 1 rings (SSSR count). The molecule has 0 bridgehead atoms. The van der Waals surface area contributed by atoms with Crippen LogP contribution in [0.1, 0.15) is 20.3 Å². The molecule has 2 N–H and O–H groups in total. The standard InChI is InChI=1S/C11H22N2O3/c1-4-16-7-8(2)13-11(14)10-5-9(15-3)6-12-10/h8-10,12H,4-7H2,1-3H3,(H,13,14). The molecular formula is C11H22N2O3. The first-order valence-electron chi connectivity index (χ1n) is 5.81. The summed E-state index contributed by atoms with van der Waals surface area (Å²) in [6.07, 6.45) is 0.891. The minimum atomic E-state index is -0.131. The predicted octanol–water partition coefficient (Wildman–Crippen LogP) is -0.0955. The molecule has 0 spiro atoms. The Hall–Kier alpha value is -0.650. The SMILES string of the molecule is CCOCC(C)NC(=O)C1CC(OC)CN1. The topological polar surface area (TPSA) is 59.6 Å². The van der Waals surface area contributed by atoms with E-state index in [2.05, 4.69) is 10.6 Å². The average molecular weight is 230 g/mol. The van der Waals surface area contributed by atoms with E-state index in [-0.39, 0.29) is 24.1 Å². The van der Waals surface area contributed by atoms with Gasteiger partial charge in [0.15, 0.2) is 0 Å². The molecule has 1 heterocycles. The summed E-state index contributed by atoms with van der Waals surface area (Å²) in [5.41, 5.74) is 0. The maximum absolute atomic E-state index is 11.8. The van der Waals surface area contributed by atoms with Crippen molar-refractivity contribution >= 4 is 5.91 Å². The third-order valence-electron chi connectivity index (χ3n) is 2.70. The summed E-state index contributed by atoms with van der Waals surface area (Å²) in [6, 6.07) is -0.0788. The average Bonchev–Trinajstić information content (AvgIpc) is 2.74. The Balaban J connectivity index is 2.24. The number of ether oxygens (including phenoxy) is 2. The van der Waals surface area contributed by atoms with Crippen molar-refractivity contribution < 1.29 is 14.3 Å². The van der Waals surface area contributed by atoms with Crippen molar-refractivity contribution in [2.75, 3.05) is 26.9 Å². The van der Waals surface area contributed by atoms with Crippen LogP contribution in [-0.4, -0.2) is 51.0 Å². The highest BCUT2D eigenvalue weighted by Gasteiger charge is 2.29. The largest absolute Gasteiger partial charge is 0.380 e. The van der Waals surface area contributed by atoms with Gasteiger partial charge in [0.2, 0.25) is 5.91 Å². The van der Waals surface area contributed by atoms with Crippen molar-refractivity contribution in [1.29, 1.82) is 0 Å². The molecule has 0 aromatic carbocycles. The summed E-state index contributed by atoms with van der Waals surface area (Å²) in [5, 5.41) is 6.06. The van der Waals surface area contributed by atoms with Gasteiger partial charge in [-0.05, 0) is 20.3 Å². The van der Waals surface area contributed by atoms with E-state index in [9.17, 15) is 4.79 Å². The van der Waals surface area contributed by atoms with Gasteiger partial charge >= 0.3 is 0 Å². The van der Waals surface area contributed by atoms with Gasteiger partial charge in [-0.2, -0.15) is 0 Å². The van der Waals surface area contributed by atoms with Crippen molar-refractivity contribution in [2.24, 2.45) is 0 Å². The predicted molar refractivity (Wildman–Crippen MR) is 61.3 cm³/mol. The first-order valence-corrected chi connectivity index (χ1v) is 5.81. The van der Waals surface area contributed by atoms with Crippen molar-refractivity contribution in [2.45, 2.75) is 38.5 Å². The lowest BCUT2D eigenvalue weighted by Crippen LogP contribution is -2.45. The molecule has 3 unspecified atom stereocenters. The maximum Gasteiger partial charge on any atom is 0.237 e. The number of rotatable bonds is 6. The number of methoxy groups -OCH3 is 1. The van der Waals surface area contributed by atoms with Gasteiger partial charge in [-0.25, -0.2) is 0 Å². The fourth-order valence-electron chi connectivity index (χ4n) is 1.76. The van der Waals surface area contributed by atoms with E-state index in [1.54, 1.807) is 7.11 Å². The summed E-state index contributed by atoms with van der Waals surface area (Å²) in [4.78, 5) is 11.8. The van der Waals surface area contributed by atoms with Crippen LogP contribution < -0.4 is 10.6 Å². The summed E-state index contributed by atoms with van der Waals surface area (Å²) < 4.78 is 10.4.